The minimum Gasteiger partial charge on any atom is -0.491 e. The van der Waals surface area contributed by atoms with Crippen LogP contribution in [0.4, 0.5) is 0 Å². The van der Waals surface area contributed by atoms with Gasteiger partial charge in [0.2, 0.25) is 5.91 Å². The summed E-state index contributed by atoms with van der Waals surface area (Å²) in [4.78, 5) is 24.4. The van der Waals surface area contributed by atoms with Crippen molar-refractivity contribution in [3.63, 3.8) is 0 Å². The lowest BCUT2D eigenvalue weighted by Crippen LogP contribution is -2.45. The van der Waals surface area contributed by atoms with Gasteiger partial charge in [-0.3, -0.25) is 9.59 Å². The minimum absolute atomic E-state index is 0.0233. The second-order valence-electron chi connectivity index (χ2n) is 6.67. The highest BCUT2D eigenvalue weighted by Crippen LogP contribution is 2.18. The Hall–Kier alpha value is -2.57. The molecule has 0 heterocycles. The second kappa shape index (κ2) is 10.1. The van der Waals surface area contributed by atoms with Gasteiger partial charge >= 0.3 is 0 Å². The predicted molar refractivity (Wildman–Crippen MR) is 109 cm³/mol. The van der Waals surface area contributed by atoms with Crippen LogP contribution in [-0.2, 0) is 4.79 Å². The third-order valence-electron chi connectivity index (χ3n) is 3.97. The fourth-order valence-electron chi connectivity index (χ4n) is 2.49. The van der Waals surface area contributed by atoms with Crippen LogP contribution in [-0.4, -0.2) is 35.6 Å². The fourth-order valence-corrected chi connectivity index (χ4v) is 2.72. The smallest absolute Gasteiger partial charge is 0.253 e. The number of ether oxygens (including phenoxy) is 1. The number of aliphatic hydroxyl groups is 1. The van der Waals surface area contributed by atoms with Gasteiger partial charge in [-0.2, -0.15) is 0 Å². The van der Waals surface area contributed by atoms with Gasteiger partial charge in [-0.1, -0.05) is 35.9 Å². The van der Waals surface area contributed by atoms with E-state index in [1.54, 1.807) is 55.5 Å². The molecule has 3 N–H and O–H groups in total. The molecule has 0 saturated heterocycles. The maximum absolute atomic E-state index is 12.2. The summed E-state index contributed by atoms with van der Waals surface area (Å²) in [6.07, 6.45) is -0.805. The first kappa shape index (κ1) is 21.7. The van der Waals surface area contributed by atoms with Crippen LogP contribution >= 0.6 is 11.6 Å². The number of aliphatic hydroxyl groups excluding tert-OH is 1. The molecular weight excluding hydrogens is 380 g/mol. The zero-order valence-electron chi connectivity index (χ0n) is 16.1. The van der Waals surface area contributed by atoms with E-state index in [-0.39, 0.29) is 12.6 Å². The minimum atomic E-state index is -0.872. The summed E-state index contributed by atoms with van der Waals surface area (Å²) < 4.78 is 5.56. The molecule has 0 aliphatic heterocycles. The lowest BCUT2D eigenvalue weighted by atomic mass is 10.1. The van der Waals surface area contributed by atoms with Crippen molar-refractivity contribution in [3.8, 4) is 5.75 Å². The predicted octanol–water partition coefficient (Wildman–Crippen LogP) is 3.10. The molecule has 0 radical (unpaired) electrons. The van der Waals surface area contributed by atoms with Crippen LogP contribution in [0.1, 0.15) is 42.8 Å². The van der Waals surface area contributed by atoms with Crippen LogP contribution in [0.3, 0.4) is 0 Å². The molecule has 2 atom stereocenters. The van der Waals surface area contributed by atoms with E-state index < -0.39 is 24.0 Å². The first-order valence-corrected chi connectivity index (χ1v) is 9.43. The van der Waals surface area contributed by atoms with E-state index in [4.69, 9.17) is 16.3 Å². The number of carbonyl (C=O) groups excluding carboxylic acids is 2. The third-order valence-corrected chi connectivity index (χ3v) is 4.30. The maximum atomic E-state index is 12.2. The molecule has 0 saturated carbocycles. The Morgan fingerprint density at radius 1 is 1.07 bits per heavy atom. The molecule has 0 spiro atoms. The Balaban J connectivity index is 1.85. The summed E-state index contributed by atoms with van der Waals surface area (Å²) in [5.41, 5.74) is 0.955. The van der Waals surface area contributed by atoms with Crippen molar-refractivity contribution in [2.45, 2.75) is 39.0 Å². The first-order chi connectivity index (χ1) is 13.3. The topological polar surface area (TPSA) is 87.7 Å². The van der Waals surface area contributed by atoms with Crippen LogP contribution < -0.4 is 15.4 Å². The first-order valence-electron chi connectivity index (χ1n) is 9.05. The standard InChI is InChI=1S/C21H25ClN2O4/c1-13(2)28-16-10-8-15(9-11-16)19(25)12-23-20(26)14(3)24-21(27)17-6-4-5-7-18(17)22/h4-11,13-14,19,25H,12H2,1-3H3,(H,23,26)(H,24,27). The van der Waals surface area contributed by atoms with Crippen molar-refractivity contribution in [2.75, 3.05) is 6.54 Å². The summed E-state index contributed by atoms with van der Waals surface area (Å²) in [6, 6.07) is 12.9. The second-order valence-corrected chi connectivity index (χ2v) is 7.08. The van der Waals surface area contributed by atoms with Crippen LogP contribution in [0.15, 0.2) is 48.5 Å². The van der Waals surface area contributed by atoms with Crippen LogP contribution in [0, 0.1) is 0 Å². The maximum Gasteiger partial charge on any atom is 0.253 e. The van der Waals surface area contributed by atoms with E-state index in [0.29, 0.717) is 21.9 Å². The van der Waals surface area contributed by atoms with Crippen LogP contribution in [0.2, 0.25) is 5.02 Å². The van der Waals surface area contributed by atoms with Gasteiger partial charge in [0.05, 0.1) is 22.8 Å². The molecule has 2 amide bonds. The Morgan fingerprint density at radius 3 is 2.32 bits per heavy atom. The zero-order chi connectivity index (χ0) is 20.7. The molecule has 0 aliphatic carbocycles. The fraction of sp³-hybridized carbons (Fsp3) is 0.333. The molecule has 2 aromatic rings. The molecule has 0 aromatic heterocycles. The average molecular weight is 405 g/mol. The number of halogens is 1. The average Bonchev–Trinajstić information content (AvgIpc) is 2.66. The Labute approximate surface area is 169 Å². The molecule has 0 bridgehead atoms. The lowest BCUT2D eigenvalue weighted by molar-refractivity contribution is -0.123. The number of nitrogens with one attached hydrogen (secondary N) is 2. The van der Waals surface area contributed by atoms with E-state index in [2.05, 4.69) is 10.6 Å². The molecule has 0 fully saturated rings. The van der Waals surface area contributed by atoms with Gasteiger partial charge in [-0.25, -0.2) is 0 Å². The van der Waals surface area contributed by atoms with Crippen molar-refractivity contribution in [2.24, 2.45) is 0 Å². The van der Waals surface area contributed by atoms with E-state index in [0.717, 1.165) is 0 Å². The highest BCUT2D eigenvalue weighted by molar-refractivity contribution is 6.33. The van der Waals surface area contributed by atoms with Gasteiger partial charge in [-0.05, 0) is 50.6 Å². The summed E-state index contributed by atoms with van der Waals surface area (Å²) in [5, 5.41) is 15.8. The van der Waals surface area contributed by atoms with Crippen molar-refractivity contribution < 1.29 is 19.4 Å². The van der Waals surface area contributed by atoms with Crippen molar-refractivity contribution in [3.05, 3.63) is 64.7 Å². The number of benzene rings is 2. The SMILES string of the molecule is CC(C)Oc1ccc(C(O)CNC(=O)C(C)NC(=O)c2ccccc2Cl)cc1. The summed E-state index contributed by atoms with van der Waals surface area (Å²) in [6.45, 7) is 5.46. The Bertz CT molecular complexity index is 808. The molecular formula is C21H25ClN2O4. The molecule has 0 aliphatic rings. The summed E-state index contributed by atoms with van der Waals surface area (Å²) >= 11 is 5.99. The molecule has 28 heavy (non-hydrogen) atoms. The van der Waals surface area contributed by atoms with Gasteiger partial charge in [-0.15, -0.1) is 0 Å². The van der Waals surface area contributed by atoms with Crippen LogP contribution in [0.25, 0.3) is 0 Å². The summed E-state index contributed by atoms with van der Waals surface area (Å²) in [5.74, 6) is -0.125. The van der Waals surface area contributed by atoms with Gasteiger partial charge in [0.1, 0.15) is 11.8 Å². The molecule has 2 unspecified atom stereocenters. The largest absolute Gasteiger partial charge is 0.491 e. The van der Waals surface area contributed by atoms with Crippen molar-refractivity contribution in [1.29, 1.82) is 0 Å². The third kappa shape index (κ3) is 6.25. The summed E-state index contributed by atoms with van der Waals surface area (Å²) in [7, 11) is 0. The van der Waals surface area contributed by atoms with Crippen LogP contribution in [0.5, 0.6) is 5.75 Å². The van der Waals surface area contributed by atoms with Gasteiger partial charge in [0.25, 0.3) is 5.91 Å². The number of hydrogen-bond donors (Lipinski definition) is 3. The molecule has 7 heteroatoms. The van der Waals surface area contributed by atoms with E-state index in [9.17, 15) is 14.7 Å². The quantitative estimate of drug-likeness (QED) is 0.630. The number of carbonyl (C=O) groups is 2. The highest BCUT2D eigenvalue weighted by atomic mass is 35.5. The normalized spacial score (nSPS) is 12.9. The van der Waals surface area contributed by atoms with E-state index in [1.165, 1.54) is 0 Å². The molecule has 2 rings (SSSR count). The highest BCUT2D eigenvalue weighted by Gasteiger charge is 2.19. The monoisotopic (exact) mass is 404 g/mol. The number of rotatable bonds is 8. The molecule has 6 nitrogen and oxygen atoms in total. The van der Waals surface area contributed by atoms with Gasteiger partial charge < -0.3 is 20.5 Å². The molecule has 150 valence electrons. The van der Waals surface area contributed by atoms with E-state index >= 15 is 0 Å². The van der Waals surface area contributed by atoms with E-state index in [1.807, 2.05) is 13.8 Å². The van der Waals surface area contributed by atoms with Crippen molar-refractivity contribution >= 4 is 23.4 Å². The number of amides is 2. The van der Waals surface area contributed by atoms with Gasteiger partial charge in [0, 0.05) is 6.54 Å². The number of hydrogen-bond acceptors (Lipinski definition) is 4. The van der Waals surface area contributed by atoms with Crippen molar-refractivity contribution in [1.82, 2.24) is 10.6 Å². The zero-order valence-corrected chi connectivity index (χ0v) is 16.9. The Morgan fingerprint density at radius 2 is 1.71 bits per heavy atom. The lowest BCUT2D eigenvalue weighted by Gasteiger charge is -2.17. The Kier molecular flexibility index (Phi) is 7.84. The molecule has 2 aromatic carbocycles. The van der Waals surface area contributed by atoms with Gasteiger partial charge in [0.15, 0.2) is 0 Å².